The largest absolute Gasteiger partial charge is 0.295 e. The van der Waals surface area contributed by atoms with Gasteiger partial charge in [0.25, 0.3) is 0 Å². The van der Waals surface area contributed by atoms with Crippen molar-refractivity contribution in [3.63, 3.8) is 0 Å². The Morgan fingerprint density at radius 3 is 2.82 bits per heavy atom. The van der Waals surface area contributed by atoms with Crippen molar-refractivity contribution >= 4 is 56.2 Å². The Morgan fingerprint density at radius 1 is 1.41 bits per heavy atom. The molecule has 0 amide bonds. The van der Waals surface area contributed by atoms with E-state index in [1.807, 2.05) is 41.0 Å². The molecule has 0 aromatic carbocycles. The van der Waals surface area contributed by atoms with Crippen molar-refractivity contribution in [2.75, 3.05) is 5.75 Å². The average Bonchev–Trinajstić information content (AvgIpc) is 2.65. The third kappa shape index (κ3) is 1.62. The standard InChI is InChI=1S/C9H8ClIN4OS/c1-9(2)3-17(16)8-12-4-5(10)13-7(11)14-6(4)15(8)9/h3H2,1-2H3. The smallest absolute Gasteiger partial charge is 0.202 e. The molecule has 0 saturated carbocycles. The molecule has 90 valence electrons. The molecule has 0 N–H and O–H groups in total. The van der Waals surface area contributed by atoms with Gasteiger partial charge in [0, 0.05) is 22.6 Å². The Labute approximate surface area is 119 Å². The van der Waals surface area contributed by atoms with Gasteiger partial charge in [0.15, 0.2) is 14.6 Å². The van der Waals surface area contributed by atoms with Crippen molar-refractivity contribution < 1.29 is 4.21 Å². The molecule has 0 aliphatic carbocycles. The van der Waals surface area contributed by atoms with Crippen LogP contribution in [0.2, 0.25) is 5.15 Å². The van der Waals surface area contributed by atoms with E-state index in [9.17, 15) is 4.21 Å². The van der Waals surface area contributed by atoms with Crippen molar-refractivity contribution in [3.05, 3.63) is 8.98 Å². The summed E-state index contributed by atoms with van der Waals surface area (Å²) in [5, 5.41) is 0.859. The number of hydrogen-bond donors (Lipinski definition) is 0. The van der Waals surface area contributed by atoms with Gasteiger partial charge in [0.1, 0.15) is 5.52 Å². The molecule has 3 rings (SSSR count). The highest BCUT2D eigenvalue weighted by atomic mass is 127. The normalized spacial score (nSPS) is 22.0. The number of halogens is 2. The van der Waals surface area contributed by atoms with E-state index in [0.29, 0.717) is 31.1 Å². The topological polar surface area (TPSA) is 60.7 Å². The Kier molecular flexibility index (Phi) is 2.50. The third-order valence-corrected chi connectivity index (χ3v) is 5.10. The van der Waals surface area contributed by atoms with Crippen LogP contribution in [0.3, 0.4) is 0 Å². The van der Waals surface area contributed by atoms with Gasteiger partial charge in [-0.05, 0) is 13.8 Å². The molecule has 5 nitrogen and oxygen atoms in total. The molecule has 0 bridgehead atoms. The zero-order valence-corrected chi connectivity index (χ0v) is 12.8. The second-order valence-electron chi connectivity index (χ2n) is 4.49. The van der Waals surface area contributed by atoms with Gasteiger partial charge in [-0.3, -0.25) is 8.78 Å². The van der Waals surface area contributed by atoms with Gasteiger partial charge < -0.3 is 0 Å². The predicted octanol–water partition coefficient (Wildman–Crippen LogP) is 1.94. The van der Waals surface area contributed by atoms with E-state index in [1.54, 1.807) is 0 Å². The molecule has 0 fully saturated rings. The van der Waals surface area contributed by atoms with Crippen LogP contribution in [0.1, 0.15) is 13.8 Å². The maximum Gasteiger partial charge on any atom is 0.202 e. The van der Waals surface area contributed by atoms with Crippen LogP contribution in [0.5, 0.6) is 0 Å². The summed E-state index contributed by atoms with van der Waals surface area (Å²) >= 11 is 8.05. The molecule has 0 radical (unpaired) electrons. The molecular weight excluding hydrogens is 375 g/mol. The second kappa shape index (κ2) is 3.61. The molecule has 2 aromatic heterocycles. The summed E-state index contributed by atoms with van der Waals surface area (Å²) in [5.74, 6) is 0.559. The first-order chi connectivity index (χ1) is 7.90. The van der Waals surface area contributed by atoms with Crippen LogP contribution in [0.25, 0.3) is 11.2 Å². The van der Waals surface area contributed by atoms with E-state index in [1.165, 1.54) is 0 Å². The third-order valence-electron chi connectivity index (χ3n) is 2.70. The minimum Gasteiger partial charge on any atom is -0.295 e. The minimum atomic E-state index is -1.09. The van der Waals surface area contributed by atoms with Crippen LogP contribution in [0.4, 0.5) is 0 Å². The number of aromatic nitrogens is 4. The molecule has 1 aliphatic heterocycles. The van der Waals surface area contributed by atoms with E-state index in [4.69, 9.17) is 11.6 Å². The van der Waals surface area contributed by atoms with E-state index in [2.05, 4.69) is 15.0 Å². The summed E-state index contributed by atoms with van der Waals surface area (Å²) in [7, 11) is -1.09. The lowest BCUT2D eigenvalue weighted by Gasteiger charge is -2.19. The molecule has 3 heterocycles. The summed E-state index contributed by atoms with van der Waals surface area (Å²) in [5.41, 5.74) is 0.943. The van der Waals surface area contributed by atoms with Gasteiger partial charge in [-0.2, -0.15) is 0 Å². The summed E-state index contributed by atoms with van der Waals surface area (Å²) in [6, 6.07) is 0. The Morgan fingerprint density at radius 2 is 2.12 bits per heavy atom. The predicted molar refractivity (Wildman–Crippen MR) is 73.6 cm³/mol. The number of fused-ring (bicyclic) bond motifs is 3. The Hall–Kier alpha value is -0.280. The lowest BCUT2D eigenvalue weighted by Crippen LogP contribution is -2.25. The van der Waals surface area contributed by atoms with Crippen LogP contribution in [0, 0.1) is 3.83 Å². The second-order valence-corrected chi connectivity index (χ2v) is 7.16. The Bertz CT molecular complexity index is 669. The monoisotopic (exact) mass is 382 g/mol. The fraction of sp³-hybridized carbons (Fsp3) is 0.444. The first-order valence-electron chi connectivity index (χ1n) is 4.90. The summed E-state index contributed by atoms with van der Waals surface area (Å²) < 4.78 is 14.5. The minimum absolute atomic E-state index is 0.254. The Balaban J connectivity index is 2.47. The van der Waals surface area contributed by atoms with Crippen molar-refractivity contribution in [3.8, 4) is 0 Å². The van der Waals surface area contributed by atoms with Crippen LogP contribution >= 0.6 is 34.2 Å². The number of nitrogens with zero attached hydrogens (tertiary/aromatic N) is 4. The molecular formula is C9H8ClIN4OS. The lowest BCUT2D eigenvalue weighted by atomic mass is 10.1. The zero-order chi connectivity index (χ0) is 12.4. The van der Waals surface area contributed by atoms with Crippen LogP contribution < -0.4 is 0 Å². The molecule has 2 aromatic rings. The number of rotatable bonds is 0. The van der Waals surface area contributed by atoms with Crippen LogP contribution in [0.15, 0.2) is 5.16 Å². The lowest BCUT2D eigenvalue weighted by molar-refractivity contribution is 0.404. The van der Waals surface area contributed by atoms with Gasteiger partial charge in [-0.25, -0.2) is 15.0 Å². The summed E-state index contributed by atoms with van der Waals surface area (Å²) in [6.07, 6.45) is 0. The van der Waals surface area contributed by atoms with Crippen molar-refractivity contribution in [1.29, 1.82) is 0 Å². The molecule has 1 aliphatic rings. The molecule has 17 heavy (non-hydrogen) atoms. The maximum atomic E-state index is 12.0. The van der Waals surface area contributed by atoms with Crippen molar-refractivity contribution in [2.45, 2.75) is 24.5 Å². The SMILES string of the molecule is CC1(C)CS(=O)c2nc3c(Cl)nc(I)nc3n21. The van der Waals surface area contributed by atoms with E-state index < -0.39 is 10.8 Å². The van der Waals surface area contributed by atoms with E-state index >= 15 is 0 Å². The molecule has 8 heteroatoms. The van der Waals surface area contributed by atoms with E-state index in [-0.39, 0.29) is 5.54 Å². The molecule has 0 saturated heterocycles. The summed E-state index contributed by atoms with van der Waals surface area (Å²) in [4.78, 5) is 12.7. The molecule has 1 unspecified atom stereocenters. The highest BCUT2D eigenvalue weighted by molar-refractivity contribution is 14.1. The van der Waals surface area contributed by atoms with E-state index in [0.717, 1.165) is 0 Å². The number of imidazole rings is 1. The zero-order valence-electron chi connectivity index (χ0n) is 9.07. The van der Waals surface area contributed by atoms with Gasteiger partial charge in [-0.15, -0.1) is 0 Å². The highest BCUT2D eigenvalue weighted by Crippen LogP contribution is 2.35. The van der Waals surface area contributed by atoms with Gasteiger partial charge in [0.2, 0.25) is 5.16 Å². The van der Waals surface area contributed by atoms with Crippen molar-refractivity contribution in [1.82, 2.24) is 19.5 Å². The quantitative estimate of drug-likeness (QED) is 0.397. The first kappa shape index (κ1) is 11.8. The fourth-order valence-electron chi connectivity index (χ4n) is 2.03. The maximum absolute atomic E-state index is 12.0. The van der Waals surface area contributed by atoms with Gasteiger partial charge in [-0.1, -0.05) is 11.6 Å². The molecule has 1 atom stereocenters. The van der Waals surface area contributed by atoms with Gasteiger partial charge in [0.05, 0.1) is 22.1 Å². The fourth-order valence-corrected chi connectivity index (χ4v) is 4.48. The van der Waals surface area contributed by atoms with Crippen LogP contribution in [-0.4, -0.2) is 29.5 Å². The van der Waals surface area contributed by atoms with Crippen LogP contribution in [-0.2, 0) is 16.3 Å². The first-order valence-corrected chi connectivity index (χ1v) is 7.68. The number of hydrogen-bond acceptors (Lipinski definition) is 4. The van der Waals surface area contributed by atoms with Crippen molar-refractivity contribution in [2.24, 2.45) is 0 Å². The summed E-state index contributed by atoms with van der Waals surface area (Å²) in [6.45, 7) is 4.04. The highest BCUT2D eigenvalue weighted by Gasteiger charge is 2.38. The molecule has 0 spiro atoms. The average molecular weight is 383 g/mol. The van der Waals surface area contributed by atoms with Gasteiger partial charge >= 0.3 is 0 Å².